The number of oxime groups is 1. The number of rotatable bonds is 9. The van der Waals surface area contributed by atoms with Gasteiger partial charge in [0.05, 0.1) is 32.3 Å². The van der Waals surface area contributed by atoms with Crippen LogP contribution in [0.1, 0.15) is 27.9 Å². The fourth-order valence-corrected chi connectivity index (χ4v) is 5.45. The molecule has 2 aromatic heterocycles. The van der Waals surface area contributed by atoms with E-state index < -0.39 is 38.6 Å². The van der Waals surface area contributed by atoms with E-state index in [0.717, 1.165) is 11.1 Å². The monoisotopic (exact) mass is 677 g/mol. The zero-order chi connectivity index (χ0) is 34.9. The van der Waals surface area contributed by atoms with Gasteiger partial charge >= 0.3 is 12.0 Å². The van der Waals surface area contributed by atoms with Crippen LogP contribution in [0.4, 0.5) is 10.7 Å². The first-order valence-corrected chi connectivity index (χ1v) is 15.5. The first-order valence-electron chi connectivity index (χ1n) is 14.0. The lowest BCUT2D eigenvalue weighted by atomic mass is 9.82. The summed E-state index contributed by atoms with van der Waals surface area (Å²) in [4.78, 5) is 53.7. The minimum absolute atomic E-state index is 0.0395. The number of carboxylic acid groups (broad SMARTS) is 1. The number of benzene rings is 2. The van der Waals surface area contributed by atoms with Gasteiger partial charge in [-0.05, 0) is 12.1 Å². The summed E-state index contributed by atoms with van der Waals surface area (Å²) in [5.41, 5.74) is 0.790. The number of carbonyl (C=O) groups is 3. The quantitative estimate of drug-likeness (QED) is 0.233. The maximum absolute atomic E-state index is 12.5. The molecule has 0 aliphatic carbocycles. The molecule has 1 aliphatic rings. The van der Waals surface area contributed by atoms with Crippen LogP contribution in [0.3, 0.4) is 0 Å². The smallest absolute Gasteiger partial charge is 0.353 e. The van der Waals surface area contributed by atoms with Crippen molar-refractivity contribution in [3.8, 4) is 11.8 Å². The highest BCUT2D eigenvalue weighted by atomic mass is 32.2. The van der Waals surface area contributed by atoms with Crippen LogP contribution in [0.25, 0.3) is 0 Å². The van der Waals surface area contributed by atoms with Crippen LogP contribution in [0, 0.1) is 0 Å². The number of hydrogen-bond acceptors (Lipinski definition) is 12. The Morgan fingerprint density at radius 3 is 1.94 bits per heavy atom. The number of amides is 3. The highest BCUT2D eigenvalue weighted by Gasteiger charge is 2.44. The Bertz CT molecular complexity index is 1860. The molecular formula is C31H31N7O9S. The second kappa shape index (κ2) is 15.0. The Morgan fingerprint density at radius 1 is 0.896 bits per heavy atom. The minimum Gasteiger partial charge on any atom is -0.481 e. The van der Waals surface area contributed by atoms with Crippen molar-refractivity contribution < 1.29 is 42.2 Å². The van der Waals surface area contributed by atoms with Crippen molar-refractivity contribution >= 4 is 39.6 Å². The van der Waals surface area contributed by atoms with Gasteiger partial charge in [-0.3, -0.25) is 10.1 Å². The van der Waals surface area contributed by atoms with Crippen LogP contribution in [0.5, 0.6) is 11.8 Å². The summed E-state index contributed by atoms with van der Waals surface area (Å²) < 4.78 is 36.7. The third-order valence-electron chi connectivity index (χ3n) is 6.67. The third-order valence-corrected chi connectivity index (χ3v) is 7.96. The van der Waals surface area contributed by atoms with Crippen molar-refractivity contribution in [2.24, 2.45) is 5.16 Å². The SMILES string of the molecule is COc1cc(OC)nc(NC(=O)NS(=O)(=O)c2ncccc2C(=O)N(C)C)n1.O=C(O)C1=NOC(c2ccccc2)(c2ccccc2)C1. The van der Waals surface area contributed by atoms with Gasteiger partial charge in [0.15, 0.2) is 16.3 Å². The number of nitrogens with zero attached hydrogens (tertiary/aromatic N) is 5. The van der Waals surface area contributed by atoms with Crippen molar-refractivity contribution in [2.75, 3.05) is 33.6 Å². The van der Waals surface area contributed by atoms with Gasteiger partial charge in [-0.2, -0.15) is 18.4 Å². The molecule has 0 radical (unpaired) electrons. The highest BCUT2D eigenvalue weighted by Crippen LogP contribution is 2.41. The molecule has 3 heterocycles. The first-order chi connectivity index (χ1) is 22.9. The standard InChI is InChI=1S/C16H13NO3.C15H18N6O6S/c18-15(19)14-11-16(20-17-14,12-7-3-1-4-8-12)13-9-5-2-6-10-13;1-21(2)13(22)9-6-5-7-16-12(9)28(24,25)20-15(23)19-14-17-10(26-3)8-11(18-14)27-4/h1-10H,11H2,(H,18,19);5-8H,1-4H3,(H2,17,18,19,20,23). The molecule has 17 heteroatoms. The van der Waals surface area contributed by atoms with Crippen molar-refractivity contribution in [2.45, 2.75) is 17.0 Å². The van der Waals surface area contributed by atoms with E-state index in [1.165, 1.54) is 57.6 Å². The minimum atomic E-state index is -4.46. The van der Waals surface area contributed by atoms with Crippen LogP contribution < -0.4 is 19.5 Å². The molecule has 0 fully saturated rings. The number of nitrogens with one attached hydrogen (secondary N) is 2. The van der Waals surface area contributed by atoms with Gasteiger partial charge in [-0.15, -0.1) is 0 Å². The fraction of sp³-hybridized carbons (Fsp3) is 0.194. The molecule has 0 bridgehead atoms. The van der Waals surface area contributed by atoms with Crippen LogP contribution in [-0.4, -0.2) is 85.3 Å². The lowest BCUT2D eigenvalue weighted by Gasteiger charge is -2.27. The van der Waals surface area contributed by atoms with E-state index >= 15 is 0 Å². The molecule has 3 amide bonds. The number of hydrogen-bond donors (Lipinski definition) is 3. The number of anilines is 1. The molecule has 0 saturated carbocycles. The zero-order valence-corrected chi connectivity index (χ0v) is 27.0. The van der Waals surface area contributed by atoms with Gasteiger partial charge in [-0.1, -0.05) is 65.8 Å². The molecular weight excluding hydrogens is 646 g/mol. The largest absolute Gasteiger partial charge is 0.481 e. The van der Waals surface area contributed by atoms with E-state index in [1.54, 1.807) is 4.72 Å². The van der Waals surface area contributed by atoms with E-state index in [-0.39, 0.29) is 35.4 Å². The topological polar surface area (TPSA) is 212 Å². The van der Waals surface area contributed by atoms with Crippen molar-refractivity contribution in [1.82, 2.24) is 24.6 Å². The summed E-state index contributed by atoms with van der Waals surface area (Å²) in [6.07, 6.45) is 1.41. The predicted molar refractivity (Wildman–Crippen MR) is 171 cm³/mol. The van der Waals surface area contributed by atoms with Gasteiger partial charge in [0.25, 0.3) is 15.9 Å². The number of urea groups is 1. The number of sulfonamides is 1. The number of ether oxygens (including phenoxy) is 2. The Morgan fingerprint density at radius 2 is 1.46 bits per heavy atom. The Hall–Kier alpha value is -6.10. The lowest BCUT2D eigenvalue weighted by molar-refractivity contribution is -0.129. The van der Waals surface area contributed by atoms with Crippen LogP contribution in [0.2, 0.25) is 0 Å². The number of carbonyl (C=O) groups excluding carboxylic acids is 2. The normalized spacial score (nSPS) is 13.0. The van der Waals surface area contributed by atoms with Gasteiger partial charge in [-0.25, -0.2) is 19.3 Å². The summed E-state index contributed by atoms with van der Waals surface area (Å²) in [7, 11) is 1.15. The average Bonchev–Trinajstić information content (AvgIpc) is 3.56. The highest BCUT2D eigenvalue weighted by molar-refractivity contribution is 7.90. The van der Waals surface area contributed by atoms with Gasteiger partial charge in [0.1, 0.15) is 0 Å². The first kappa shape index (κ1) is 34.8. The predicted octanol–water partition coefficient (Wildman–Crippen LogP) is 2.89. The van der Waals surface area contributed by atoms with E-state index in [1.807, 2.05) is 60.7 Å². The molecule has 3 N–H and O–H groups in total. The molecule has 16 nitrogen and oxygen atoms in total. The maximum Gasteiger partial charge on any atom is 0.353 e. The Labute approximate surface area is 275 Å². The second-order valence-electron chi connectivity index (χ2n) is 10.1. The van der Waals surface area contributed by atoms with Gasteiger partial charge in [0, 0.05) is 31.4 Å². The number of pyridine rings is 1. The summed E-state index contributed by atoms with van der Waals surface area (Å²) in [5.74, 6) is -1.70. The Kier molecular flexibility index (Phi) is 10.9. The third kappa shape index (κ3) is 8.00. The molecule has 48 heavy (non-hydrogen) atoms. The van der Waals surface area contributed by atoms with E-state index in [0.29, 0.717) is 0 Å². The van der Waals surface area contributed by atoms with E-state index in [9.17, 15) is 22.8 Å². The molecule has 0 saturated heterocycles. The summed E-state index contributed by atoms with van der Waals surface area (Å²) in [5, 5.41) is 14.5. The van der Waals surface area contributed by atoms with Crippen molar-refractivity contribution in [1.29, 1.82) is 0 Å². The molecule has 0 spiro atoms. The second-order valence-corrected chi connectivity index (χ2v) is 11.7. The molecule has 250 valence electrons. The molecule has 5 rings (SSSR count). The van der Waals surface area contributed by atoms with E-state index in [4.69, 9.17) is 19.4 Å². The molecule has 4 aromatic rings. The number of aliphatic carboxylic acids is 1. The maximum atomic E-state index is 12.5. The van der Waals surface area contributed by atoms with Crippen molar-refractivity contribution in [3.63, 3.8) is 0 Å². The number of methoxy groups -OCH3 is 2. The summed E-state index contributed by atoms with van der Waals surface area (Å²) in [6.45, 7) is 0. The zero-order valence-electron chi connectivity index (χ0n) is 26.1. The van der Waals surface area contributed by atoms with Crippen LogP contribution >= 0.6 is 0 Å². The van der Waals surface area contributed by atoms with E-state index in [2.05, 4.69) is 25.4 Å². The summed E-state index contributed by atoms with van der Waals surface area (Å²) in [6, 6.07) is 22.0. The van der Waals surface area contributed by atoms with Gasteiger partial charge < -0.3 is 24.3 Å². The molecule has 0 atom stereocenters. The van der Waals surface area contributed by atoms with Crippen LogP contribution in [0.15, 0.2) is 95.2 Å². The Balaban J connectivity index is 0.000000228. The number of aromatic nitrogens is 3. The molecule has 1 aliphatic heterocycles. The van der Waals surface area contributed by atoms with Crippen molar-refractivity contribution in [3.05, 3.63) is 102 Å². The van der Waals surface area contributed by atoms with Crippen LogP contribution in [-0.2, 0) is 25.3 Å². The molecule has 0 unspecified atom stereocenters. The van der Waals surface area contributed by atoms with Gasteiger partial charge in [0.2, 0.25) is 17.7 Å². The number of carboxylic acids is 1. The fourth-order valence-electron chi connectivity index (χ4n) is 4.41. The molecule has 2 aromatic carbocycles. The average molecular weight is 678 g/mol. The lowest BCUT2D eigenvalue weighted by Crippen LogP contribution is -2.36. The summed E-state index contributed by atoms with van der Waals surface area (Å²) >= 11 is 0.